The summed E-state index contributed by atoms with van der Waals surface area (Å²) in [5.41, 5.74) is 7.11. The molecular weight excluding hydrogens is 763 g/mol. The lowest BCUT2D eigenvalue weighted by atomic mass is 9.69. The number of benzene rings is 2. The molecule has 1 amide bonds. The number of likely N-dealkylation sites (tertiary alicyclic amines) is 1. The Morgan fingerprint density at radius 3 is 2.73 bits per heavy atom. The van der Waals surface area contributed by atoms with Crippen LogP contribution in [0.5, 0.6) is 6.01 Å². The van der Waals surface area contributed by atoms with Crippen LogP contribution in [0.15, 0.2) is 24.5 Å². The van der Waals surface area contributed by atoms with Gasteiger partial charge < -0.3 is 20.3 Å². The van der Waals surface area contributed by atoms with E-state index in [1.54, 1.807) is 17.0 Å². The number of anilines is 2. The molecule has 3 aromatic heterocycles. The molecular formula is C40H41ClF3N9O2S. The molecule has 0 radical (unpaired) electrons. The van der Waals surface area contributed by atoms with Crippen molar-refractivity contribution in [1.29, 1.82) is 5.26 Å². The zero-order valence-corrected chi connectivity index (χ0v) is 32.9. The molecule has 0 aliphatic carbocycles. The van der Waals surface area contributed by atoms with E-state index in [0.29, 0.717) is 43.8 Å². The summed E-state index contributed by atoms with van der Waals surface area (Å²) in [4.78, 5) is 33.7. The molecule has 0 bridgehead atoms. The Balaban J connectivity index is 1.14. The van der Waals surface area contributed by atoms with E-state index < -0.39 is 23.3 Å². The molecule has 9 rings (SSSR count). The molecule has 5 aromatic rings. The Hall–Kier alpha value is -4.65. The first-order valence-corrected chi connectivity index (χ1v) is 20.2. The van der Waals surface area contributed by atoms with E-state index in [4.69, 9.17) is 27.1 Å². The van der Waals surface area contributed by atoms with Gasteiger partial charge in [-0.25, -0.2) is 22.9 Å². The summed E-state index contributed by atoms with van der Waals surface area (Å²) in [6, 6.07) is 6.01. The number of nitrogens with zero attached hydrogens (tertiary/aromatic N) is 8. The number of rotatable bonds is 5. The molecule has 4 fully saturated rings. The SMILES string of the molecule is Cc1ncn(C(=O)N2C[C@]3(CCCCN(c4nc(OC[C@@]56CCCN5C[C@H](F)C6)nc5c(F)c(-c6ccc(F)c7sc(N)c(C#N)c67)c(Cl)cc45)C3)[C@H]2C)c1C. The van der Waals surface area contributed by atoms with Crippen molar-refractivity contribution in [2.75, 3.05) is 50.0 Å². The van der Waals surface area contributed by atoms with Crippen molar-refractivity contribution < 1.29 is 22.7 Å². The fraction of sp³-hybridized carbons (Fsp3) is 0.475. The predicted molar refractivity (Wildman–Crippen MR) is 210 cm³/mol. The lowest BCUT2D eigenvalue weighted by Gasteiger charge is -2.57. The molecule has 2 aromatic carbocycles. The molecule has 16 heteroatoms. The molecule has 0 saturated carbocycles. The highest BCUT2D eigenvalue weighted by Gasteiger charge is 2.54. The summed E-state index contributed by atoms with van der Waals surface area (Å²) in [7, 11) is 0. The van der Waals surface area contributed by atoms with Gasteiger partial charge in [-0.3, -0.25) is 9.47 Å². The lowest BCUT2D eigenvalue weighted by Crippen LogP contribution is -2.68. The van der Waals surface area contributed by atoms with Crippen molar-refractivity contribution in [3.8, 4) is 23.2 Å². The zero-order valence-electron chi connectivity index (χ0n) is 31.3. The molecule has 4 atom stereocenters. The Bertz CT molecular complexity index is 2490. The summed E-state index contributed by atoms with van der Waals surface area (Å²) in [6.07, 6.45) is 5.28. The first-order chi connectivity index (χ1) is 26.8. The standard InChI is InChI=1S/C40H41ClF3N9O2S/c1-21-22(2)53(20-47-21)38(54)52-18-39(23(52)3)9-4-5-11-50(17-39)36-26-13-28(41)31(25-7-8-29(43)34-30(25)27(15-45)35(46)56-34)32(44)33(26)48-37(49-36)55-19-40-10-6-12-51(40)16-24(42)14-40/h7-8,13,20,23-24H,4-6,9-12,14,16-19,46H2,1-3H3/t23-,24-,39-,40+/m1/s1. The molecule has 4 aliphatic rings. The van der Waals surface area contributed by atoms with E-state index in [2.05, 4.69) is 26.7 Å². The molecule has 4 aliphatic heterocycles. The van der Waals surface area contributed by atoms with Crippen LogP contribution in [0.4, 0.5) is 28.8 Å². The monoisotopic (exact) mass is 803 g/mol. The molecule has 7 heterocycles. The third-order valence-electron chi connectivity index (χ3n) is 13.0. The van der Waals surface area contributed by atoms with Crippen molar-refractivity contribution in [2.45, 2.75) is 77.0 Å². The van der Waals surface area contributed by atoms with E-state index in [1.165, 1.54) is 12.1 Å². The molecule has 2 N–H and O–H groups in total. The van der Waals surface area contributed by atoms with Gasteiger partial charge >= 0.3 is 12.0 Å². The average Bonchev–Trinajstić information content (AvgIpc) is 3.86. The van der Waals surface area contributed by atoms with Gasteiger partial charge in [0.25, 0.3) is 0 Å². The van der Waals surface area contributed by atoms with E-state index in [-0.39, 0.29) is 72.4 Å². The fourth-order valence-electron chi connectivity index (χ4n) is 9.73. The fourth-order valence-corrected chi connectivity index (χ4v) is 11.0. The van der Waals surface area contributed by atoms with Crippen molar-refractivity contribution in [1.82, 2.24) is 29.3 Å². The molecule has 11 nitrogen and oxygen atoms in total. The average molecular weight is 804 g/mol. The highest BCUT2D eigenvalue weighted by atomic mass is 35.5. The number of carbonyl (C=O) groups is 1. The van der Waals surface area contributed by atoms with Gasteiger partial charge in [-0.05, 0) is 70.7 Å². The maximum Gasteiger partial charge on any atom is 0.329 e. The van der Waals surface area contributed by atoms with Gasteiger partial charge in [0.15, 0.2) is 5.82 Å². The first kappa shape index (κ1) is 37.0. The minimum Gasteiger partial charge on any atom is -0.461 e. The number of carbonyl (C=O) groups excluding carboxylic acids is 1. The number of nitrogens with two attached hydrogens (primary N) is 1. The van der Waals surface area contributed by atoms with E-state index in [0.717, 1.165) is 61.4 Å². The van der Waals surface area contributed by atoms with Crippen LogP contribution in [0.2, 0.25) is 5.02 Å². The highest BCUT2D eigenvalue weighted by Crippen LogP contribution is 2.49. The van der Waals surface area contributed by atoms with Gasteiger partial charge in [0.05, 0.1) is 26.5 Å². The maximum absolute atomic E-state index is 17.4. The molecule has 4 saturated heterocycles. The van der Waals surface area contributed by atoms with Crippen molar-refractivity contribution in [3.63, 3.8) is 0 Å². The summed E-state index contributed by atoms with van der Waals surface area (Å²) in [6.45, 7) is 8.77. The number of nitrogen functional groups attached to an aromatic ring is 1. The molecule has 1 spiro atoms. The van der Waals surface area contributed by atoms with Crippen LogP contribution in [0.25, 0.3) is 32.1 Å². The number of aromatic nitrogens is 4. The van der Waals surface area contributed by atoms with E-state index in [9.17, 15) is 14.4 Å². The number of halogens is 4. The Morgan fingerprint density at radius 1 is 1.16 bits per heavy atom. The second-order valence-corrected chi connectivity index (χ2v) is 17.5. The number of hydrogen-bond acceptors (Lipinski definition) is 10. The minimum absolute atomic E-state index is 0.0276. The first-order valence-electron chi connectivity index (χ1n) is 19.0. The zero-order chi connectivity index (χ0) is 39.3. The van der Waals surface area contributed by atoms with E-state index in [1.807, 2.05) is 24.8 Å². The summed E-state index contributed by atoms with van der Waals surface area (Å²) < 4.78 is 55.2. The van der Waals surface area contributed by atoms with Gasteiger partial charge in [0.1, 0.15) is 47.3 Å². The number of nitriles is 1. The second kappa shape index (κ2) is 13.5. The maximum atomic E-state index is 17.4. The van der Waals surface area contributed by atoms with Gasteiger partial charge in [-0.1, -0.05) is 24.1 Å². The molecule has 292 valence electrons. The number of amides is 1. The lowest BCUT2D eigenvalue weighted by molar-refractivity contribution is -0.0297. The van der Waals surface area contributed by atoms with Crippen LogP contribution in [0.3, 0.4) is 0 Å². The van der Waals surface area contributed by atoms with Crippen LogP contribution in [0.1, 0.15) is 62.4 Å². The van der Waals surface area contributed by atoms with Crippen molar-refractivity contribution >= 4 is 60.8 Å². The second-order valence-electron chi connectivity index (χ2n) is 16.0. The quantitative estimate of drug-likeness (QED) is 0.188. The third-order valence-corrected chi connectivity index (χ3v) is 14.3. The summed E-state index contributed by atoms with van der Waals surface area (Å²) in [5.74, 6) is -0.926. The minimum atomic E-state index is -0.961. The largest absolute Gasteiger partial charge is 0.461 e. The molecule has 56 heavy (non-hydrogen) atoms. The van der Waals surface area contributed by atoms with Crippen molar-refractivity contribution in [3.05, 3.63) is 58.1 Å². The summed E-state index contributed by atoms with van der Waals surface area (Å²) >= 11 is 7.91. The van der Waals surface area contributed by atoms with Crippen LogP contribution in [-0.4, -0.2) is 92.4 Å². The van der Waals surface area contributed by atoms with Crippen LogP contribution >= 0.6 is 22.9 Å². The van der Waals surface area contributed by atoms with Gasteiger partial charge in [0.2, 0.25) is 0 Å². The number of ether oxygens (including phenoxy) is 1. The van der Waals surface area contributed by atoms with E-state index >= 15 is 8.78 Å². The number of hydrogen-bond donors (Lipinski definition) is 1. The Morgan fingerprint density at radius 2 is 1.98 bits per heavy atom. The van der Waals surface area contributed by atoms with Gasteiger partial charge in [-0.2, -0.15) is 15.2 Å². The molecule has 0 unspecified atom stereocenters. The number of thiophene rings is 1. The van der Waals surface area contributed by atoms with Crippen molar-refractivity contribution in [2.24, 2.45) is 5.41 Å². The van der Waals surface area contributed by atoms with Crippen LogP contribution in [0, 0.1) is 42.2 Å². The topological polar surface area (TPSA) is 129 Å². The summed E-state index contributed by atoms with van der Waals surface area (Å²) in [5, 5.41) is 10.7. The third kappa shape index (κ3) is 5.61. The number of imidazole rings is 1. The smallest absolute Gasteiger partial charge is 0.329 e. The van der Waals surface area contributed by atoms with Crippen LogP contribution < -0.4 is 15.4 Å². The van der Waals surface area contributed by atoms with Gasteiger partial charge in [-0.15, -0.1) is 11.3 Å². The highest BCUT2D eigenvalue weighted by molar-refractivity contribution is 7.23. The number of alkyl halides is 1. The Labute approximate surface area is 330 Å². The number of fused-ring (bicyclic) bond motifs is 3. The van der Waals surface area contributed by atoms with Crippen LogP contribution in [-0.2, 0) is 0 Å². The van der Waals surface area contributed by atoms with Gasteiger partial charge in [0, 0.05) is 66.1 Å². The normalized spacial score (nSPS) is 25.2. The Kier molecular flexibility index (Phi) is 8.90. The number of aryl methyl sites for hydroxylation is 1. The predicted octanol–water partition coefficient (Wildman–Crippen LogP) is 8.01.